The molecule has 1 saturated heterocycles. The van der Waals surface area contributed by atoms with Crippen LogP contribution in [-0.2, 0) is 46.9 Å². The number of hydrogen-bond acceptors (Lipinski definition) is 9. The Kier molecular flexibility index (Phi) is 9.07. The van der Waals surface area contributed by atoms with Crippen molar-refractivity contribution in [2.24, 2.45) is 18.7 Å². The summed E-state index contributed by atoms with van der Waals surface area (Å²) in [6, 6.07) is 8.84. The molecule has 2 aliphatic carbocycles. The van der Waals surface area contributed by atoms with Crippen molar-refractivity contribution in [2.75, 3.05) is 22.4 Å². The smallest absolute Gasteiger partial charge is 0.374 e. The van der Waals surface area contributed by atoms with Crippen LogP contribution in [0.2, 0.25) is 0 Å². The normalized spacial score (nSPS) is 21.8. The summed E-state index contributed by atoms with van der Waals surface area (Å²) in [5, 5.41) is 21.6. The number of aromatic nitrogens is 5. The van der Waals surface area contributed by atoms with Crippen molar-refractivity contribution in [3.05, 3.63) is 88.4 Å². The van der Waals surface area contributed by atoms with Gasteiger partial charge in [0.15, 0.2) is 11.5 Å². The third kappa shape index (κ3) is 7.05. The molecule has 57 heavy (non-hydrogen) atoms. The molecular formula is C36H34F7N9O4S. The molecule has 2 fully saturated rings. The van der Waals surface area contributed by atoms with Crippen LogP contribution >= 0.6 is 0 Å². The molecule has 302 valence electrons. The zero-order chi connectivity index (χ0) is 40.9. The molecule has 2 aromatic carbocycles. The highest BCUT2D eigenvalue weighted by Crippen LogP contribution is 2.68. The highest BCUT2D eigenvalue weighted by Gasteiger charge is 2.68. The lowest BCUT2D eigenvalue weighted by atomic mass is 9.94. The summed E-state index contributed by atoms with van der Waals surface area (Å²) in [4.78, 5) is 20.3. The molecule has 0 radical (unpaired) electrons. The Balaban J connectivity index is 1.27. The summed E-state index contributed by atoms with van der Waals surface area (Å²) < 4.78 is 131. The highest BCUT2D eigenvalue weighted by molar-refractivity contribution is 7.92. The number of rotatable bonds is 10. The Morgan fingerprint density at radius 3 is 2.44 bits per heavy atom. The molecule has 8 rings (SSSR count). The average Bonchev–Trinajstić information content (AvgIpc) is 3.46. The quantitative estimate of drug-likeness (QED) is 0.146. The maximum absolute atomic E-state index is 15.4. The zero-order valence-electron chi connectivity index (χ0n) is 30.0. The maximum Gasteiger partial charge on any atom is 0.435 e. The number of nitrogens with two attached hydrogens (primary N) is 1. The summed E-state index contributed by atoms with van der Waals surface area (Å²) >= 11 is 0. The van der Waals surface area contributed by atoms with Crippen LogP contribution < -0.4 is 20.7 Å². The second-order valence-corrected chi connectivity index (χ2v) is 16.5. The van der Waals surface area contributed by atoms with Crippen LogP contribution in [0.4, 0.5) is 42.4 Å². The molecule has 5 N–H and O–H groups in total. The predicted octanol–water partition coefficient (Wildman–Crippen LogP) is 4.67. The Morgan fingerprint density at radius 1 is 1.07 bits per heavy atom. The summed E-state index contributed by atoms with van der Waals surface area (Å²) in [5.74, 6) is -8.89. The van der Waals surface area contributed by atoms with E-state index in [-0.39, 0.29) is 54.3 Å². The number of nitrogens with one attached hydrogen (secondary N) is 2. The van der Waals surface area contributed by atoms with Gasteiger partial charge in [-0.05, 0) is 54.7 Å². The number of amides is 1. The van der Waals surface area contributed by atoms with E-state index < -0.39 is 93.3 Å². The van der Waals surface area contributed by atoms with E-state index in [9.17, 15) is 40.3 Å². The maximum atomic E-state index is 15.4. The summed E-state index contributed by atoms with van der Waals surface area (Å²) in [6.45, 7) is -0.910. The van der Waals surface area contributed by atoms with Crippen molar-refractivity contribution in [1.29, 1.82) is 0 Å². The van der Waals surface area contributed by atoms with Gasteiger partial charge >= 0.3 is 6.18 Å². The van der Waals surface area contributed by atoms with E-state index >= 15 is 8.78 Å². The van der Waals surface area contributed by atoms with Crippen LogP contribution in [0, 0.1) is 17.6 Å². The van der Waals surface area contributed by atoms with Gasteiger partial charge < -0.3 is 21.1 Å². The molecule has 5 unspecified atom stereocenters. The molecule has 4 heterocycles. The first-order valence-corrected chi connectivity index (χ1v) is 19.5. The van der Waals surface area contributed by atoms with Crippen LogP contribution in [0.25, 0.3) is 22.0 Å². The van der Waals surface area contributed by atoms with E-state index in [4.69, 9.17) is 10.7 Å². The lowest BCUT2D eigenvalue weighted by Gasteiger charge is -2.26. The van der Waals surface area contributed by atoms with E-state index in [2.05, 4.69) is 20.2 Å². The van der Waals surface area contributed by atoms with Gasteiger partial charge in [0.2, 0.25) is 15.9 Å². The number of alkyl halides is 5. The molecule has 3 aromatic heterocycles. The molecule has 1 aliphatic heterocycles. The van der Waals surface area contributed by atoms with E-state index in [1.165, 1.54) is 9.58 Å². The molecule has 0 bridgehead atoms. The number of aryl methyl sites for hydroxylation is 1. The molecule has 1 saturated carbocycles. The van der Waals surface area contributed by atoms with Gasteiger partial charge in [-0.1, -0.05) is 12.1 Å². The number of benzene rings is 2. The number of carbonyl (C=O) groups excluding carboxylic acids is 1. The van der Waals surface area contributed by atoms with Crippen molar-refractivity contribution < 1.29 is 49.1 Å². The van der Waals surface area contributed by atoms with Gasteiger partial charge in [-0.3, -0.25) is 18.9 Å². The Labute approximate surface area is 319 Å². The van der Waals surface area contributed by atoms with Gasteiger partial charge in [-0.25, -0.2) is 22.2 Å². The number of anilines is 2. The van der Waals surface area contributed by atoms with Crippen LogP contribution in [0.3, 0.4) is 0 Å². The second kappa shape index (κ2) is 13.4. The van der Waals surface area contributed by atoms with Crippen molar-refractivity contribution >= 4 is 38.5 Å². The molecule has 5 atom stereocenters. The summed E-state index contributed by atoms with van der Waals surface area (Å²) in [7, 11) is -2.23. The van der Waals surface area contributed by atoms with Gasteiger partial charge in [0.25, 0.3) is 5.92 Å². The minimum Gasteiger partial charge on any atom is -0.374 e. The fourth-order valence-corrected chi connectivity index (χ4v) is 8.67. The molecule has 1 amide bonds. The van der Waals surface area contributed by atoms with Gasteiger partial charge in [0.1, 0.15) is 35.9 Å². The number of hydrogen-bond donors (Lipinski definition) is 4. The predicted molar refractivity (Wildman–Crippen MR) is 191 cm³/mol. The van der Waals surface area contributed by atoms with Crippen molar-refractivity contribution in [3.8, 4) is 11.1 Å². The molecule has 21 heteroatoms. The number of aliphatic hydroxyl groups excluding tert-OH is 1. The van der Waals surface area contributed by atoms with Gasteiger partial charge in [-0.15, -0.1) is 0 Å². The van der Waals surface area contributed by atoms with E-state index in [0.717, 1.165) is 18.4 Å². The minimum atomic E-state index is -5.07. The van der Waals surface area contributed by atoms with Crippen LogP contribution in [-0.4, -0.2) is 69.0 Å². The van der Waals surface area contributed by atoms with Crippen LogP contribution in [0.15, 0.2) is 48.5 Å². The average molecular weight is 822 g/mol. The number of fused-ring (bicyclic) bond motifs is 4. The first-order valence-electron chi connectivity index (χ1n) is 17.6. The third-order valence-electron chi connectivity index (χ3n) is 10.5. The van der Waals surface area contributed by atoms with Crippen LogP contribution in [0.5, 0.6) is 0 Å². The largest absolute Gasteiger partial charge is 0.435 e. The van der Waals surface area contributed by atoms with Crippen LogP contribution in [0.1, 0.15) is 53.0 Å². The minimum absolute atomic E-state index is 0.00309. The lowest BCUT2D eigenvalue weighted by molar-refractivity contribution is -0.142. The molecule has 3 aliphatic rings. The third-order valence-corrected chi connectivity index (χ3v) is 11.0. The molecule has 5 aromatic rings. The van der Waals surface area contributed by atoms with E-state index in [1.807, 2.05) is 0 Å². The number of carbonyl (C=O) groups is 1. The van der Waals surface area contributed by atoms with E-state index in [1.54, 1.807) is 37.4 Å². The fourth-order valence-electron chi connectivity index (χ4n) is 8.17. The highest BCUT2D eigenvalue weighted by atomic mass is 32.2. The monoisotopic (exact) mass is 821 g/mol. The van der Waals surface area contributed by atoms with Crippen molar-refractivity contribution in [1.82, 2.24) is 29.9 Å². The molecule has 0 spiro atoms. The van der Waals surface area contributed by atoms with E-state index in [0.29, 0.717) is 27.2 Å². The van der Waals surface area contributed by atoms with Crippen molar-refractivity contribution in [2.45, 2.75) is 62.1 Å². The summed E-state index contributed by atoms with van der Waals surface area (Å²) in [5.41, 5.74) is 4.10. The van der Waals surface area contributed by atoms with Gasteiger partial charge in [-0.2, -0.15) is 32.1 Å². The second-order valence-electron chi connectivity index (χ2n) is 14.7. The van der Waals surface area contributed by atoms with Gasteiger partial charge in [0.05, 0.1) is 23.5 Å². The SMILES string of the molecule is Cn1nc(NS(C)(=O)=O)c2cccc(-c3ccc(N4CC(N)CC4O)nc3C(Cc3cc(F)cc(F)c3)NC(=O)Cn3nc(C(F)(F)F)c4c3C(F)(F)C3CC43)c21. The number of aliphatic hydroxyl groups is 1. The lowest BCUT2D eigenvalue weighted by Crippen LogP contribution is -2.36. The summed E-state index contributed by atoms with van der Waals surface area (Å²) in [6.07, 6.45) is -5.53. The number of halogens is 7. The van der Waals surface area contributed by atoms with Gasteiger partial charge in [0, 0.05) is 60.1 Å². The zero-order valence-corrected chi connectivity index (χ0v) is 30.8. The number of para-hydroxylation sites is 1. The molecular weight excluding hydrogens is 788 g/mol. The first kappa shape index (κ1) is 38.6. The number of pyridine rings is 1. The molecule has 13 nitrogen and oxygen atoms in total. The Hall–Kier alpha value is -5.28. The number of sulfonamides is 1. The van der Waals surface area contributed by atoms with Crippen molar-refractivity contribution in [3.63, 3.8) is 0 Å². The Morgan fingerprint density at radius 2 is 1.79 bits per heavy atom. The fraction of sp³-hybridized carbons (Fsp3) is 0.389. The number of nitrogens with zero attached hydrogens (tertiary/aromatic N) is 6. The Bertz CT molecular complexity index is 2540. The topological polar surface area (TPSA) is 173 Å². The standard InChI is InChI=1S/C36H34F7N9O4S/c1-50-31-21(4-3-5-22(31)34(48-50)49-57(2,55)56)20-6-7-26(51-14-19(44)12-28(51)54)46-30(20)25(10-16-8-17(37)11-18(38)9-16)45-27(53)15-52-33-29(32(47-52)36(41,42)43)23-13-24(23)35(33,39)40/h3-9,11,19,23-25,28,54H,10,12-15,44H2,1-2H3,(H,45,53)(H,48,49). The first-order chi connectivity index (χ1) is 26.7.